The highest BCUT2D eigenvalue weighted by Gasteiger charge is 2.37. The molecule has 4 aromatic carbocycles. The Morgan fingerprint density at radius 1 is 0.787 bits per heavy atom. The molecule has 5 aromatic rings. The first kappa shape index (κ1) is 44.2. The smallest absolute Gasteiger partial charge is 0.323 e. The Morgan fingerprint density at radius 3 is 2.10 bits per heavy atom. The molecule has 0 saturated heterocycles. The molecule has 2 N–H and O–H groups in total. The fourth-order valence-electron chi connectivity index (χ4n) is 11.1. The minimum atomic E-state index is -1.35. The topological polar surface area (TPSA) is 86.0 Å². The molecule has 1 aliphatic carbocycles. The Morgan fingerprint density at radius 2 is 1.48 bits per heavy atom. The number of unbranched alkanes of at least 4 members (excludes halogenated alkanes) is 3. The summed E-state index contributed by atoms with van der Waals surface area (Å²) in [5, 5.41) is 24.8. The number of amides is 1. The van der Waals surface area contributed by atoms with Crippen LogP contribution in [0.2, 0.25) is 0 Å². The van der Waals surface area contributed by atoms with Crippen molar-refractivity contribution in [2.45, 2.75) is 139 Å². The van der Waals surface area contributed by atoms with Crippen molar-refractivity contribution >= 4 is 55.8 Å². The summed E-state index contributed by atoms with van der Waals surface area (Å²) in [5.74, 6) is -1.21. The standard InChI is InChI=1S/C54H69N3O4/c1-12-13-14-15-29-55-44-30-39(27-28-40(44)48-41-17-16-18-42-47(41)43(31-45(48)55)50(61)56(49(42)60)32-46(58)59)57(37-23-19-35(20-24-37)53(8,9)33-51(2,3)4)38-25-21-36(22-26-38)54(10,11)34-52(5,6)7/h16-21,23-28,30-31,36,49,60H,12-15,22,29,32-34H2,1-11H3,(H,58,59). The number of carboxylic acids is 1. The van der Waals surface area contributed by atoms with Crippen LogP contribution in [0, 0.1) is 22.2 Å². The number of aryl methyl sites for hydroxylation is 1. The summed E-state index contributed by atoms with van der Waals surface area (Å²) < 4.78 is 2.37. The number of allylic oxidation sites excluding steroid dienone is 3. The molecule has 7 rings (SSSR count). The lowest BCUT2D eigenvalue weighted by Crippen LogP contribution is -2.41. The van der Waals surface area contributed by atoms with Gasteiger partial charge in [0.05, 0.1) is 16.6 Å². The number of carbonyl (C=O) groups excluding carboxylic acids is 1. The highest BCUT2D eigenvalue weighted by molar-refractivity contribution is 6.26. The summed E-state index contributed by atoms with van der Waals surface area (Å²) >= 11 is 0. The lowest BCUT2D eigenvalue weighted by atomic mass is 9.67. The molecule has 2 atom stereocenters. The molecule has 2 unspecified atom stereocenters. The third kappa shape index (κ3) is 8.91. The second kappa shape index (κ2) is 16.4. The summed E-state index contributed by atoms with van der Waals surface area (Å²) in [7, 11) is 0. The summed E-state index contributed by atoms with van der Waals surface area (Å²) in [6.45, 7) is 25.9. The van der Waals surface area contributed by atoms with Crippen LogP contribution in [0.4, 0.5) is 11.4 Å². The van der Waals surface area contributed by atoms with Crippen molar-refractivity contribution in [1.82, 2.24) is 9.47 Å². The Labute approximate surface area is 364 Å². The molecular weight excluding hydrogens is 755 g/mol. The van der Waals surface area contributed by atoms with Crippen molar-refractivity contribution in [1.29, 1.82) is 0 Å². The molecule has 7 heteroatoms. The highest BCUT2D eigenvalue weighted by Crippen LogP contribution is 2.47. The van der Waals surface area contributed by atoms with Crippen LogP contribution in [0.1, 0.15) is 149 Å². The number of rotatable bonds is 14. The Kier molecular flexibility index (Phi) is 11.9. The van der Waals surface area contributed by atoms with Crippen molar-refractivity contribution < 1.29 is 19.8 Å². The van der Waals surface area contributed by atoms with Crippen molar-refractivity contribution in [2.24, 2.45) is 22.2 Å². The van der Waals surface area contributed by atoms with Gasteiger partial charge < -0.3 is 19.7 Å². The maximum Gasteiger partial charge on any atom is 0.323 e. The lowest BCUT2D eigenvalue weighted by molar-refractivity contribution is -0.140. The van der Waals surface area contributed by atoms with E-state index < -0.39 is 24.6 Å². The average Bonchev–Trinajstić information content (AvgIpc) is 3.48. The molecule has 0 fully saturated rings. The first-order valence-corrected chi connectivity index (χ1v) is 22.6. The zero-order chi connectivity index (χ0) is 44.2. The number of anilines is 2. The van der Waals surface area contributed by atoms with Gasteiger partial charge in [-0.1, -0.05) is 144 Å². The number of carboxylic acid groups (broad SMARTS) is 1. The first-order chi connectivity index (χ1) is 28.6. The van der Waals surface area contributed by atoms with Crippen molar-refractivity contribution in [3.63, 3.8) is 0 Å². The van der Waals surface area contributed by atoms with E-state index in [1.54, 1.807) is 6.07 Å². The Hall–Kier alpha value is -4.88. The number of hydrogen-bond donors (Lipinski definition) is 2. The van der Waals surface area contributed by atoms with Gasteiger partial charge in [0.25, 0.3) is 5.91 Å². The number of aliphatic hydroxyl groups excluding tert-OH is 1. The zero-order valence-electron chi connectivity index (χ0n) is 38.7. The Balaban J connectivity index is 1.41. The predicted molar refractivity (Wildman–Crippen MR) is 254 cm³/mol. The van der Waals surface area contributed by atoms with Crippen LogP contribution in [0.25, 0.3) is 32.6 Å². The number of benzene rings is 4. The van der Waals surface area contributed by atoms with Gasteiger partial charge in [-0.2, -0.15) is 0 Å². The second-order valence-electron chi connectivity index (χ2n) is 21.8. The van der Waals surface area contributed by atoms with Crippen LogP contribution < -0.4 is 4.90 Å². The normalized spacial score (nSPS) is 17.5. The predicted octanol–water partition coefficient (Wildman–Crippen LogP) is 13.8. The van der Waals surface area contributed by atoms with Crippen LogP contribution in [-0.4, -0.2) is 38.1 Å². The van der Waals surface area contributed by atoms with E-state index in [1.165, 1.54) is 5.56 Å². The van der Waals surface area contributed by atoms with Crippen molar-refractivity contribution in [3.05, 3.63) is 107 Å². The maximum absolute atomic E-state index is 14.1. The van der Waals surface area contributed by atoms with Gasteiger partial charge in [-0.05, 0) is 101 Å². The van der Waals surface area contributed by atoms with Gasteiger partial charge >= 0.3 is 5.97 Å². The highest BCUT2D eigenvalue weighted by atomic mass is 16.4. The third-order valence-corrected chi connectivity index (χ3v) is 13.1. The molecule has 324 valence electrons. The third-order valence-electron chi connectivity index (χ3n) is 13.1. The van der Waals surface area contributed by atoms with E-state index >= 15 is 0 Å². The molecule has 1 amide bonds. The first-order valence-electron chi connectivity index (χ1n) is 22.6. The van der Waals surface area contributed by atoms with Crippen LogP contribution >= 0.6 is 0 Å². The molecule has 2 aliphatic rings. The largest absolute Gasteiger partial charge is 0.480 e. The molecule has 0 bridgehead atoms. The number of carbonyl (C=O) groups is 2. The summed E-state index contributed by atoms with van der Waals surface area (Å²) in [4.78, 5) is 29.4. The monoisotopic (exact) mass is 824 g/mol. The van der Waals surface area contributed by atoms with Gasteiger partial charge in [0.15, 0.2) is 6.23 Å². The second-order valence-corrected chi connectivity index (χ2v) is 21.8. The summed E-state index contributed by atoms with van der Waals surface area (Å²) in [6.07, 6.45) is 13.3. The van der Waals surface area contributed by atoms with Gasteiger partial charge in [-0.25, -0.2) is 0 Å². The summed E-state index contributed by atoms with van der Waals surface area (Å²) in [5.41, 5.74) is 8.24. The van der Waals surface area contributed by atoms with Gasteiger partial charge in [-0.15, -0.1) is 0 Å². The van der Waals surface area contributed by atoms with E-state index in [0.29, 0.717) is 22.4 Å². The molecule has 61 heavy (non-hydrogen) atoms. The van der Waals surface area contributed by atoms with Crippen LogP contribution in [-0.2, 0) is 16.8 Å². The zero-order valence-corrected chi connectivity index (χ0v) is 38.7. The number of aliphatic carboxylic acids is 1. The fourth-order valence-corrected chi connectivity index (χ4v) is 11.1. The molecule has 7 nitrogen and oxygen atoms in total. The molecule has 1 aromatic heterocycles. The molecular formula is C54H69N3O4. The number of aromatic nitrogens is 1. The molecule has 0 spiro atoms. The van der Waals surface area contributed by atoms with Crippen LogP contribution in [0.5, 0.6) is 0 Å². The maximum atomic E-state index is 14.1. The van der Waals surface area contributed by atoms with E-state index in [-0.39, 0.29) is 21.7 Å². The average molecular weight is 824 g/mol. The molecule has 1 aliphatic heterocycles. The number of fused-ring (bicyclic) bond motifs is 4. The lowest BCUT2D eigenvalue weighted by Gasteiger charge is -2.39. The van der Waals surface area contributed by atoms with Crippen LogP contribution in [0.3, 0.4) is 0 Å². The molecule has 0 saturated carbocycles. The van der Waals surface area contributed by atoms with E-state index in [2.05, 4.69) is 146 Å². The fraction of sp³-hybridized carbons (Fsp3) is 0.481. The van der Waals surface area contributed by atoms with Gasteiger partial charge in [-0.3, -0.25) is 14.5 Å². The quantitative estimate of drug-likeness (QED) is 0.109. The van der Waals surface area contributed by atoms with E-state index in [1.807, 2.05) is 18.2 Å². The Bertz CT molecular complexity index is 2520. The SMILES string of the molecule is CCCCCCn1c2cc(N(C3=CCC(C(C)(C)CC(C)(C)C)C=C3)c3ccc(C(C)(C)CC(C)(C)C)cc3)ccc2c2c3cccc4c3c(cc21)C(=O)N(CC(=O)O)C4O. The van der Waals surface area contributed by atoms with E-state index in [0.717, 1.165) is 101 Å². The van der Waals surface area contributed by atoms with E-state index in [4.69, 9.17) is 0 Å². The minimum absolute atomic E-state index is 0.0140. The molecule has 0 radical (unpaired) electrons. The van der Waals surface area contributed by atoms with Crippen molar-refractivity contribution in [3.8, 4) is 0 Å². The van der Waals surface area contributed by atoms with Gasteiger partial charge in [0.2, 0.25) is 0 Å². The molecule has 2 heterocycles. The number of hydrogen-bond acceptors (Lipinski definition) is 4. The van der Waals surface area contributed by atoms with Crippen molar-refractivity contribution in [2.75, 3.05) is 11.4 Å². The van der Waals surface area contributed by atoms with Crippen LogP contribution in [0.15, 0.2) is 90.7 Å². The van der Waals surface area contributed by atoms with Gasteiger partial charge in [0, 0.05) is 45.3 Å². The number of nitrogens with zero attached hydrogens (tertiary/aromatic N) is 3. The number of aliphatic hydroxyl groups is 1. The summed E-state index contributed by atoms with van der Waals surface area (Å²) in [6, 6.07) is 23.7. The van der Waals surface area contributed by atoms with E-state index in [9.17, 15) is 19.8 Å². The minimum Gasteiger partial charge on any atom is -0.480 e. The van der Waals surface area contributed by atoms with Gasteiger partial charge in [0.1, 0.15) is 6.54 Å².